The van der Waals surface area contributed by atoms with Gasteiger partial charge in [-0.25, -0.2) is 0 Å². The maximum atomic E-state index is 8.76. The number of aliphatic hydroxyl groups is 1. The normalized spacial score (nSPS) is 12.1. The molecule has 0 aliphatic rings. The molecule has 10 heavy (non-hydrogen) atoms. The van der Waals surface area contributed by atoms with E-state index in [1.165, 1.54) is 24.8 Å². The Kier molecular flexibility index (Phi) is 6.61. The minimum absolute atomic E-state index is 0.236. The summed E-state index contributed by atoms with van der Waals surface area (Å²) >= 11 is 0. The van der Waals surface area contributed by atoms with Crippen LogP contribution in [0.3, 0.4) is 0 Å². The number of aliphatic hydroxyl groups excluding tert-OH is 1. The summed E-state index contributed by atoms with van der Waals surface area (Å²) in [5, 5.41) is 8.76. The van der Waals surface area contributed by atoms with Gasteiger partial charge in [-0.2, -0.15) is 0 Å². The van der Waals surface area contributed by atoms with Crippen LogP contribution in [-0.2, 0) is 0 Å². The van der Waals surface area contributed by atoms with E-state index >= 15 is 0 Å². The first-order chi connectivity index (χ1) is 4.85. The molecule has 0 fully saturated rings. The van der Waals surface area contributed by atoms with Gasteiger partial charge in [0, 0.05) is 0 Å². The summed E-state index contributed by atoms with van der Waals surface area (Å²) in [6.45, 7) is 4.41. The van der Waals surface area contributed by atoms with Gasteiger partial charge >= 0.3 is 0 Å². The lowest BCUT2D eigenvalue weighted by molar-refractivity contribution is 0.325. The first kappa shape index (κ1) is 9.70. The average molecular weight is 142 g/mol. The Morgan fingerprint density at radius 3 is 2.50 bits per heavy atom. The quantitative estimate of drug-likeness (QED) is 0.462. The van der Waals surface area contributed by atoms with Crippen molar-refractivity contribution in [1.82, 2.24) is 0 Å². The van der Waals surface area contributed by atoms with Crippen LogP contribution in [-0.4, -0.2) is 11.7 Å². The van der Waals surface area contributed by atoms with Crippen molar-refractivity contribution in [1.29, 1.82) is 0 Å². The minimum atomic E-state index is 0.236. The number of allylic oxidation sites excluding steroid dienone is 1. The molecule has 0 unspecified atom stereocenters. The predicted octanol–water partition coefficient (Wildman–Crippen LogP) is 2.51. The molecular formula is C9H18O. The summed E-state index contributed by atoms with van der Waals surface area (Å²) in [4.78, 5) is 0. The Morgan fingerprint density at radius 2 is 2.10 bits per heavy atom. The molecule has 0 aromatic carbocycles. The second kappa shape index (κ2) is 6.81. The van der Waals surface area contributed by atoms with E-state index in [1.54, 1.807) is 0 Å². The number of hydrogen-bond donors (Lipinski definition) is 1. The van der Waals surface area contributed by atoms with Crippen LogP contribution >= 0.6 is 0 Å². The molecule has 0 radical (unpaired) electrons. The third-order valence-electron chi connectivity index (χ3n) is 1.71. The molecule has 0 aliphatic heterocycles. The molecule has 60 valence electrons. The van der Waals surface area contributed by atoms with E-state index < -0.39 is 0 Å². The van der Waals surface area contributed by atoms with E-state index in [-0.39, 0.29) is 6.61 Å². The lowest BCUT2D eigenvalue weighted by Crippen LogP contribution is -1.89. The first-order valence-corrected chi connectivity index (χ1v) is 4.10. The standard InChI is InChI=1S/C9H18O/c1-3-5-6-7-9(4-2)8-10/h4,10H,3,5-8H2,1-2H3/b9-4-. The molecule has 0 heterocycles. The number of unbranched alkanes of at least 4 members (excludes halogenated alkanes) is 2. The van der Waals surface area contributed by atoms with E-state index in [9.17, 15) is 0 Å². The van der Waals surface area contributed by atoms with Crippen molar-refractivity contribution < 1.29 is 5.11 Å². The van der Waals surface area contributed by atoms with Crippen molar-refractivity contribution in [3.8, 4) is 0 Å². The molecule has 0 saturated heterocycles. The van der Waals surface area contributed by atoms with E-state index in [4.69, 9.17) is 5.11 Å². The van der Waals surface area contributed by atoms with Crippen LogP contribution in [0.15, 0.2) is 11.6 Å². The van der Waals surface area contributed by atoms with Crippen LogP contribution in [0.2, 0.25) is 0 Å². The predicted molar refractivity (Wildman–Crippen MR) is 45.0 cm³/mol. The van der Waals surface area contributed by atoms with E-state index in [0.29, 0.717) is 0 Å². The Morgan fingerprint density at radius 1 is 1.40 bits per heavy atom. The monoisotopic (exact) mass is 142 g/mol. The summed E-state index contributed by atoms with van der Waals surface area (Å²) in [5.74, 6) is 0. The second-order valence-electron chi connectivity index (χ2n) is 2.56. The highest BCUT2D eigenvalue weighted by Crippen LogP contribution is 2.07. The van der Waals surface area contributed by atoms with Gasteiger partial charge < -0.3 is 5.11 Å². The smallest absolute Gasteiger partial charge is 0.0641 e. The molecule has 0 rings (SSSR count). The van der Waals surface area contributed by atoms with Crippen molar-refractivity contribution in [2.24, 2.45) is 0 Å². The maximum Gasteiger partial charge on any atom is 0.0641 e. The lowest BCUT2D eigenvalue weighted by Gasteiger charge is -2.00. The summed E-state index contributed by atoms with van der Waals surface area (Å²) in [6.07, 6.45) is 6.83. The zero-order valence-electron chi connectivity index (χ0n) is 7.06. The molecule has 0 spiro atoms. The van der Waals surface area contributed by atoms with Crippen molar-refractivity contribution in [3.63, 3.8) is 0 Å². The molecule has 1 nitrogen and oxygen atoms in total. The molecule has 0 aromatic heterocycles. The topological polar surface area (TPSA) is 20.2 Å². The summed E-state index contributed by atoms with van der Waals surface area (Å²) in [6, 6.07) is 0. The van der Waals surface area contributed by atoms with Crippen molar-refractivity contribution in [3.05, 3.63) is 11.6 Å². The molecule has 0 saturated carbocycles. The van der Waals surface area contributed by atoms with Crippen molar-refractivity contribution in [2.45, 2.75) is 39.5 Å². The summed E-state index contributed by atoms with van der Waals surface area (Å²) < 4.78 is 0. The van der Waals surface area contributed by atoms with Gasteiger partial charge in [0.2, 0.25) is 0 Å². The highest BCUT2D eigenvalue weighted by molar-refractivity contribution is 4.99. The third kappa shape index (κ3) is 4.57. The van der Waals surface area contributed by atoms with Crippen LogP contribution < -0.4 is 0 Å². The minimum Gasteiger partial charge on any atom is -0.392 e. The number of hydrogen-bond acceptors (Lipinski definition) is 1. The zero-order chi connectivity index (χ0) is 7.82. The molecule has 1 N–H and O–H groups in total. The van der Waals surface area contributed by atoms with Gasteiger partial charge in [0.1, 0.15) is 0 Å². The zero-order valence-corrected chi connectivity index (χ0v) is 7.06. The Bertz CT molecular complexity index is 94.9. The van der Waals surface area contributed by atoms with Crippen LogP contribution in [0.1, 0.15) is 39.5 Å². The van der Waals surface area contributed by atoms with Crippen LogP contribution in [0.5, 0.6) is 0 Å². The highest BCUT2D eigenvalue weighted by atomic mass is 16.3. The fourth-order valence-electron chi connectivity index (χ4n) is 0.917. The maximum absolute atomic E-state index is 8.76. The lowest BCUT2D eigenvalue weighted by atomic mass is 10.1. The van der Waals surface area contributed by atoms with Gasteiger partial charge in [-0.1, -0.05) is 25.8 Å². The highest BCUT2D eigenvalue weighted by Gasteiger charge is 1.92. The van der Waals surface area contributed by atoms with Crippen molar-refractivity contribution >= 4 is 0 Å². The molecule has 0 amide bonds. The molecule has 0 aromatic rings. The first-order valence-electron chi connectivity index (χ1n) is 4.10. The molecule has 0 bridgehead atoms. The van der Waals surface area contributed by atoms with Gasteiger partial charge in [-0.05, 0) is 25.3 Å². The van der Waals surface area contributed by atoms with E-state index in [2.05, 4.69) is 6.92 Å². The summed E-state index contributed by atoms with van der Waals surface area (Å²) in [7, 11) is 0. The fourth-order valence-corrected chi connectivity index (χ4v) is 0.917. The Hall–Kier alpha value is -0.300. The van der Waals surface area contributed by atoms with Gasteiger partial charge in [-0.3, -0.25) is 0 Å². The van der Waals surface area contributed by atoms with Crippen LogP contribution in [0.4, 0.5) is 0 Å². The molecule has 1 heteroatoms. The van der Waals surface area contributed by atoms with Gasteiger partial charge in [0.05, 0.1) is 6.61 Å². The number of rotatable bonds is 5. The Labute approximate surface area is 63.8 Å². The van der Waals surface area contributed by atoms with Crippen LogP contribution in [0, 0.1) is 0 Å². The second-order valence-corrected chi connectivity index (χ2v) is 2.56. The fraction of sp³-hybridized carbons (Fsp3) is 0.778. The average Bonchev–Trinajstić information content (AvgIpc) is 1.99. The SMILES string of the molecule is C/C=C(\CO)CCCCC. The van der Waals surface area contributed by atoms with Gasteiger partial charge in [0.15, 0.2) is 0 Å². The van der Waals surface area contributed by atoms with Gasteiger partial charge in [0.25, 0.3) is 0 Å². The molecule has 0 aliphatic carbocycles. The Balaban J connectivity index is 3.27. The van der Waals surface area contributed by atoms with Crippen LogP contribution in [0.25, 0.3) is 0 Å². The largest absolute Gasteiger partial charge is 0.392 e. The molecule has 0 atom stereocenters. The van der Waals surface area contributed by atoms with Gasteiger partial charge in [-0.15, -0.1) is 0 Å². The van der Waals surface area contributed by atoms with E-state index in [0.717, 1.165) is 6.42 Å². The third-order valence-corrected chi connectivity index (χ3v) is 1.71. The molecular weight excluding hydrogens is 124 g/mol. The van der Waals surface area contributed by atoms with E-state index in [1.807, 2.05) is 13.0 Å². The van der Waals surface area contributed by atoms with Crippen molar-refractivity contribution in [2.75, 3.05) is 6.61 Å². The summed E-state index contributed by atoms with van der Waals surface area (Å²) in [5.41, 5.74) is 1.17.